The molecule has 0 saturated carbocycles. The molecule has 1 aliphatic heterocycles. The molecule has 4 heterocycles. The van der Waals surface area contributed by atoms with Crippen LogP contribution in [0, 0.1) is 0 Å². The molecule has 3 aromatic heterocycles. The quantitative estimate of drug-likeness (QED) is 0.484. The average Bonchev–Trinajstić information content (AvgIpc) is 3.23. The number of carbonyl (C=O) groups is 1. The summed E-state index contributed by atoms with van der Waals surface area (Å²) in [5.41, 5.74) is 8.46. The molecular weight excluding hydrogens is 436 g/mol. The Bertz CT molecular complexity index is 1290. The minimum Gasteiger partial charge on any atom is -0.480 e. The van der Waals surface area contributed by atoms with Gasteiger partial charge < -0.3 is 15.4 Å². The Morgan fingerprint density at radius 1 is 1.18 bits per heavy atom. The fourth-order valence-electron chi connectivity index (χ4n) is 4.09. The van der Waals surface area contributed by atoms with Crippen LogP contribution >= 0.6 is 11.8 Å². The van der Waals surface area contributed by atoms with Crippen molar-refractivity contribution in [2.45, 2.75) is 23.0 Å². The first-order valence-electron chi connectivity index (χ1n) is 10.8. The Hall–Kier alpha value is -3.59. The van der Waals surface area contributed by atoms with E-state index in [2.05, 4.69) is 27.2 Å². The summed E-state index contributed by atoms with van der Waals surface area (Å²) in [7, 11) is 1.54. The van der Waals surface area contributed by atoms with Crippen LogP contribution in [0.2, 0.25) is 0 Å². The van der Waals surface area contributed by atoms with Gasteiger partial charge in [-0.15, -0.1) is 16.9 Å². The predicted octanol–water partition coefficient (Wildman–Crippen LogP) is 3.78. The van der Waals surface area contributed by atoms with Gasteiger partial charge in [0.2, 0.25) is 11.8 Å². The largest absolute Gasteiger partial charge is 0.480 e. The Morgan fingerprint density at radius 3 is 2.85 bits per heavy atom. The van der Waals surface area contributed by atoms with Crippen LogP contribution in [0.15, 0.2) is 65.8 Å². The Morgan fingerprint density at radius 2 is 2.03 bits per heavy atom. The fraction of sp³-hybridized carbons (Fsp3) is 0.250. The Labute approximate surface area is 195 Å². The molecule has 0 spiro atoms. The molecule has 5 rings (SSSR count). The van der Waals surface area contributed by atoms with Crippen molar-refractivity contribution in [1.29, 1.82) is 0 Å². The van der Waals surface area contributed by atoms with Gasteiger partial charge in [0.1, 0.15) is 5.56 Å². The lowest BCUT2D eigenvalue weighted by Crippen LogP contribution is -2.41. The van der Waals surface area contributed by atoms with Crippen LogP contribution in [0.5, 0.6) is 5.88 Å². The molecule has 8 nitrogen and oxygen atoms in total. The second-order valence-corrected chi connectivity index (χ2v) is 9.29. The number of likely N-dealkylation sites (tertiary alicyclic amines) is 1. The highest BCUT2D eigenvalue weighted by Crippen LogP contribution is 2.31. The number of nitrogens with two attached hydrogens (primary N) is 1. The number of hydrogen-bond acceptors (Lipinski definition) is 7. The molecule has 168 valence electrons. The molecule has 0 bridgehead atoms. The summed E-state index contributed by atoms with van der Waals surface area (Å²) in [6, 6.07) is 15.9. The third-order valence-corrected chi connectivity index (χ3v) is 6.94. The number of piperidine rings is 1. The van der Waals surface area contributed by atoms with Crippen molar-refractivity contribution in [2.75, 3.05) is 25.9 Å². The minimum absolute atomic E-state index is 0.0626. The van der Waals surface area contributed by atoms with Crippen molar-refractivity contribution < 1.29 is 9.53 Å². The second-order valence-electron chi connectivity index (χ2n) is 7.92. The Kier molecular flexibility index (Phi) is 5.87. The summed E-state index contributed by atoms with van der Waals surface area (Å²) in [6.45, 7) is 1.42. The molecule has 9 heteroatoms. The molecule has 1 aromatic carbocycles. The molecule has 1 saturated heterocycles. The van der Waals surface area contributed by atoms with Gasteiger partial charge in [0.05, 0.1) is 7.11 Å². The Balaban J connectivity index is 1.40. The summed E-state index contributed by atoms with van der Waals surface area (Å²) in [5.74, 6) is 0.477. The van der Waals surface area contributed by atoms with Crippen LogP contribution in [0.1, 0.15) is 23.2 Å². The lowest BCUT2D eigenvalue weighted by molar-refractivity contribution is 0.0724. The highest BCUT2D eigenvalue weighted by Gasteiger charge is 2.27. The van der Waals surface area contributed by atoms with Gasteiger partial charge in [-0.2, -0.15) is 4.98 Å². The molecule has 1 aliphatic rings. The standard InChI is InChI=1S/C24H24N6O2S/c1-32-22-20(12-17(14-26-22)16-9-11-30-21(13-16)27-24(25)28-30)23(31)29-10-5-8-19(15-29)33-18-6-3-2-4-7-18/h2-4,6-7,9,11-14,19H,5,8,10,15H2,1H3,(H2,25,28). The maximum absolute atomic E-state index is 13.5. The van der Waals surface area contributed by atoms with Gasteiger partial charge >= 0.3 is 0 Å². The molecule has 33 heavy (non-hydrogen) atoms. The molecule has 4 aromatic rings. The maximum Gasteiger partial charge on any atom is 0.259 e. The first-order valence-corrected chi connectivity index (χ1v) is 11.7. The van der Waals surface area contributed by atoms with E-state index in [-0.39, 0.29) is 11.9 Å². The van der Waals surface area contributed by atoms with E-state index in [0.717, 1.165) is 30.5 Å². The van der Waals surface area contributed by atoms with Gasteiger partial charge in [-0.3, -0.25) is 4.79 Å². The smallest absolute Gasteiger partial charge is 0.259 e. The number of thioether (sulfide) groups is 1. The zero-order chi connectivity index (χ0) is 22.8. The van der Waals surface area contributed by atoms with Crippen molar-refractivity contribution >= 4 is 29.3 Å². The number of carbonyl (C=O) groups excluding carboxylic acids is 1. The van der Waals surface area contributed by atoms with Crippen molar-refractivity contribution in [1.82, 2.24) is 24.5 Å². The van der Waals surface area contributed by atoms with Crippen molar-refractivity contribution in [3.8, 4) is 17.0 Å². The van der Waals surface area contributed by atoms with E-state index in [1.165, 1.54) is 12.0 Å². The van der Waals surface area contributed by atoms with Crippen LogP contribution < -0.4 is 10.5 Å². The van der Waals surface area contributed by atoms with Gasteiger partial charge in [-0.05, 0) is 48.7 Å². The van der Waals surface area contributed by atoms with Gasteiger partial charge in [-0.25, -0.2) is 9.50 Å². The molecule has 0 aliphatic carbocycles. The van der Waals surface area contributed by atoms with Gasteiger partial charge in [0.25, 0.3) is 5.91 Å². The van der Waals surface area contributed by atoms with Gasteiger partial charge in [-0.1, -0.05) is 18.2 Å². The van der Waals surface area contributed by atoms with Crippen molar-refractivity contribution in [3.05, 3.63) is 66.5 Å². The predicted molar refractivity (Wildman–Crippen MR) is 128 cm³/mol. The number of nitrogen functional groups attached to an aromatic ring is 1. The lowest BCUT2D eigenvalue weighted by Gasteiger charge is -2.32. The van der Waals surface area contributed by atoms with Crippen molar-refractivity contribution in [3.63, 3.8) is 0 Å². The SMILES string of the molecule is COc1ncc(-c2ccn3nc(N)nc3c2)cc1C(=O)N1CCCC(Sc2ccccc2)C1. The van der Waals surface area contributed by atoms with E-state index in [1.807, 2.05) is 53.1 Å². The summed E-state index contributed by atoms with van der Waals surface area (Å²) in [6.07, 6.45) is 5.54. The molecule has 1 unspecified atom stereocenters. The number of benzene rings is 1. The number of nitrogens with zero attached hydrogens (tertiary/aromatic N) is 5. The number of aromatic nitrogens is 4. The number of rotatable bonds is 5. The first kappa shape index (κ1) is 21.3. The van der Waals surface area contributed by atoms with Gasteiger partial charge in [0.15, 0.2) is 5.65 Å². The lowest BCUT2D eigenvalue weighted by atomic mass is 10.0. The van der Waals surface area contributed by atoms with E-state index in [1.54, 1.807) is 16.9 Å². The molecule has 1 amide bonds. The van der Waals surface area contributed by atoms with E-state index in [4.69, 9.17) is 10.5 Å². The molecule has 2 N–H and O–H groups in total. The third kappa shape index (κ3) is 4.49. The van der Waals surface area contributed by atoms with E-state index in [0.29, 0.717) is 28.9 Å². The van der Waals surface area contributed by atoms with Crippen LogP contribution in [0.4, 0.5) is 5.95 Å². The summed E-state index contributed by atoms with van der Waals surface area (Å²) >= 11 is 1.83. The van der Waals surface area contributed by atoms with Crippen LogP contribution in [-0.2, 0) is 0 Å². The normalized spacial score (nSPS) is 16.2. The highest BCUT2D eigenvalue weighted by atomic mass is 32.2. The number of fused-ring (bicyclic) bond motifs is 1. The van der Waals surface area contributed by atoms with E-state index in [9.17, 15) is 4.79 Å². The highest BCUT2D eigenvalue weighted by molar-refractivity contribution is 8.00. The summed E-state index contributed by atoms with van der Waals surface area (Å²) in [5, 5.41) is 4.46. The number of hydrogen-bond donors (Lipinski definition) is 1. The number of anilines is 1. The van der Waals surface area contributed by atoms with Gasteiger partial charge in [0, 0.05) is 41.2 Å². The average molecular weight is 461 g/mol. The summed E-state index contributed by atoms with van der Waals surface area (Å²) in [4.78, 5) is 25.3. The zero-order valence-electron chi connectivity index (χ0n) is 18.2. The minimum atomic E-state index is -0.0626. The number of ether oxygens (including phenoxy) is 1. The first-order chi connectivity index (χ1) is 16.1. The molecule has 1 atom stereocenters. The van der Waals surface area contributed by atoms with Crippen LogP contribution in [-0.4, -0.2) is 55.8 Å². The van der Waals surface area contributed by atoms with E-state index >= 15 is 0 Å². The zero-order valence-corrected chi connectivity index (χ0v) is 19.0. The van der Waals surface area contributed by atoms with Crippen molar-refractivity contribution in [2.24, 2.45) is 0 Å². The van der Waals surface area contributed by atoms with Crippen LogP contribution in [0.25, 0.3) is 16.8 Å². The fourth-order valence-corrected chi connectivity index (χ4v) is 5.32. The van der Waals surface area contributed by atoms with Crippen LogP contribution in [0.3, 0.4) is 0 Å². The number of amides is 1. The number of methoxy groups -OCH3 is 1. The molecule has 0 radical (unpaired) electrons. The third-order valence-electron chi connectivity index (χ3n) is 5.67. The molecular formula is C24H24N6O2S. The monoisotopic (exact) mass is 460 g/mol. The summed E-state index contributed by atoms with van der Waals surface area (Å²) < 4.78 is 7.05. The maximum atomic E-state index is 13.5. The topological polar surface area (TPSA) is 98.6 Å². The van der Waals surface area contributed by atoms with E-state index < -0.39 is 0 Å². The molecule has 1 fully saturated rings. The number of pyridine rings is 2. The second kappa shape index (κ2) is 9.11.